The summed E-state index contributed by atoms with van der Waals surface area (Å²) in [5.74, 6) is -2.28. The van der Waals surface area contributed by atoms with Crippen molar-refractivity contribution < 1.29 is 42.9 Å². The van der Waals surface area contributed by atoms with Crippen LogP contribution in [-0.2, 0) is 33.3 Å². The van der Waals surface area contributed by atoms with E-state index in [0.29, 0.717) is 17.4 Å². The van der Waals surface area contributed by atoms with Crippen molar-refractivity contribution in [3.8, 4) is 0 Å². The third-order valence-electron chi connectivity index (χ3n) is 18.6. The van der Waals surface area contributed by atoms with Gasteiger partial charge in [-0.3, -0.25) is 9.59 Å². The van der Waals surface area contributed by atoms with Crippen LogP contribution >= 0.6 is 0 Å². The summed E-state index contributed by atoms with van der Waals surface area (Å²) in [4.78, 5) is 37.7. The second-order valence-electron chi connectivity index (χ2n) is 29.7. The number of quaternary nitrogens is 1. The number of nitrogens with zero attached hydrogens (tertiary/aromatic N) is 1. The number of allylic oxidation sites excluding steroid dienone is 24. The Morgan fingerprint density at radius 3 is 0.825 bits per heavy atom. The highest BCUT2D eigenvalue weighted by molar-refractivity contribution is 5.70. The van der Waals surface area contributed by atoms with Crippen LogP contribution in [0.4, 0.5) is 0 Å². The molecule has 0 rings (SSSR count). The van der Waals surface area contributed by atoms with Crippen LogP contribution < -0.4 is 5.11 Å². The fraction of sp³-hybridized carbons (Fsp3) is 0.713. The molecule has 0 radical (unpaired) electrons. The van der Waals surface area contributed by atoms with E-state index in [1.165, 1.54) is 225 Å². The quantitative estimate of drug-likeness (QED) is 0.0195. The van der Waals surface area contributed by atoms with E-state index >= 15 is 0 Å². The van der Waals surface area contributed by atoms with Crippen molar-refractivity contribution in [1.82, 2.24) is 0 Å². The molecule has 0 saturated heterocycles. The van der Waals surface area contributed by atoms with Crippen molar-refractivity contribution in [3.63, 3.8) is 0 Å². The summed E-state index contributed by atoms with van der Waals surface area (Å²) in [6, 6.07) is 0. The largest absolute Gasteiger partial charge is 0.545 e. The lowest BCUT2D eigenvalue weighted by Crippen LogP contribution is -2.44. The van der Waals surface area contributed by atoms with Gasteiger partial charge in [0.25, 0.3) is 0 Å². The number of esters is 2. The third-order valence-corrected chi connectivity index (χ3v) is 18.6. The minimum absolute atomic E-state index is 0.143. The van der Waals surface area contributed by atoms with Gasteiger partial charge in [0.15, 0.2) is 12.4 Å². The van der Waals surface area contributed by atoms with Gasteiger partial charge >= 0.3 is 11.9 Å². The smallest absolute Gasteiger partial charge is 0.306 e. The van der Waals surface area contributed by atoms with E-state index in [4.69, 9.17) is 18.9 Å². The highest BCUT2D eigenvalue weighted by Gasteiger charge is 2.22. The molecule has 0 fully saturated rings. The molecule has 0 amide bonds. The molecular formula is C94H161NO8. The zero-order valence-electron chi connectivity index (χ0n) is 67.7. The Labute approximate surface area is 636 Å². The normalized spacial score (nSPS) is 13.4. The third kappa shape index (κ3) is 84.3. The maximum atomic E-state index is 13.0. The number of hydrogen-bond donors (Lipinski definition) is 0. The molecule has 103 heavy (non-hydrogen) atoms. The summed E-state index contributed by atoms with van der Waals surface area (Å²) in [7, 11) is 5.94. The van der Waals surface area contributed by atoms with Crippen LogP contribution in [0, 0.1) is 0 Å². The van der Waals surface area contributed by atoms with Crippen LogP contribution in [0.15, 0.2) is 146 Å². The van der Waals surface area contributed by atoms with Gasteiger partial charge in [0.2, 0.25) is 0 Å². The molecule has 2 atom stereocenters. The van der Waals surface area contributed by atoms with Crippen LogP contribution in [0.5, 0.6) is 0 Å². The lowest BCUT2D eigenvalue weighted by Gasteiger charge is -2.26. The Bertz CT molecular complexity index is 2220. The Morgan fingerprint density at radius 2 is 0.553 bits per heavy atom. The molecule has 0 aliphatic heterocycles. The number of hydrogen-bond acceptors (Lipinski definition) is 8. The predicted octanol–water partition coefficient (Wildman–Crippen LogP) is 26.8. The SMILES string of the molecule is CC/C=C\C/C=C\C/C=C\C/C=C\C/C=C\C/C=C\C/C=C\C/C=C\C/C=C\CCCCCCCCCCCCCC(=O)OC(COC(=O)CCCCCCCCCCCCCCCCCCCCCCCCCC/C=C\C/C=C\C/C=C\CCCCCCC)COC(OCC[N+](C)(C)C)C(=O)[O-]. The van der Waals surface area contributed by atoms with Crippen molar-refractivity contribution >= 4 is 17.9 Å². The van der Waals surface area contributed by atoms with Gasteiger partial charge in [0.1, 0.15) is 13.2 Å². The van der Waals surface area contributed by atoms with Gasteiger partial charge in [-0.15, -0.1) is 0 Å². The van der Waals surface area contributed by atoms with Crippen molar-refractivity contribution in [2.24, 2.45) is 0 Å². The number of carbonyl (C=O) groups is 3. The van der Waals surface area contributed by atoms with Gasteiger partial charge in [0, 0.05) is 12.8 Å². The molecule has 9 nitrogen and oxygen atoms in total. The number of ether oxygens (including phenoxy) is 4. The standard InChI is InChI=1S/C94H161NO8/c1-6-8-10-12-14-16-18-20-22-24-26-28-30-32-34-36-38-40-42-44-46-48-50-52-54-56-58-60-62-64-66-68-70-72-74-76-78-80-82-84-91(96)101-88-90(89-102-94(93(98)99)100-87-86-95(3,4)5)103-92(97)85-83-81-79-77-75-73-71-69-67-65-63-61-59-57-55-53-51-49-47-45-43-41-39-37-35-33-31-29-27-25-23-21-19-17-15-13-11-9-7-2/h9,11,15,17-18,20-21,23-24,26-27,29-30,32-33,35,39,41,45,47,51,53,57,59,90,94H,6-8,10,12-14,16,19,22,25,28,31,34,36-38,40,42-44,46,48-50,52,54-56,58,60-89H2,1-5H3/b11-9-,17-15-,20-18-,23-21-,26-24-,29-27-,32-30-,35-33-,41-39-,47-45-,53-51-,59-57-. The Hall–Kier alpha value is -4.83. The van der Waals surface area contributed by atoms with Gasteiger partial charge < -0.3 is 33.3 Å². The first-order valence-electron chi connectivity index (χ1n) is 43.0. The molecule has 0 spiro atoms. The van der Waals surface area contributed by atoms with E-state index in [-0.39, 0.29) is 38.6 Å². The molecule has 9 heteroatoms. The summed E-state index contributed by atoms with van der Waals surface area (Å²) in [5.41, 5.74) is 0. The number of carboxylic acid groups (broad SMARTS) is 1. The maximum absolute atomic E-state index is 13.0. The molecule has 0 aromatic rings. The zero-order chi connectivity index (χ0) is 74.6. The lowest BCUT2D eigenvalue weighted by atomic mass is 10.0. The molecule has 0 heterocycles. The minimum Gasteiger partial charge on any atom is -0.545 e. The molecule has 0 saturated carbocycles. The maximum Gasteiger partial charge on any atom is 0.306 e. The zero-order valence-corrected chi connectivity index (χ0v) is 67.7. The van der Waals surface area contributed by atoms with Crippen molar-refractivity contribution in [1.29, 1.82) is 0 Å². The molecular weight excluding hydrogens is 1270 g/mol. The van der Waals surface area contributed by atoms with Crippen molar-refractivity contribution in [3.05, 3.63) is 146 Å². The first-order chi connectivity index (χ1) is 50.6. The van der Waals surface area contributed by atoms with Gasteiger partial charge in [-0.05, 0) is 122 Å². The Balaban J connectivity index is 4.02. The number of unbranched alkanes of at least 4 members (excludes halogenated alkanes) is 40. The first-order valence-corrected chi connectivity index (χ1v) is 43.0. The van der Waals surface area contributed by atoms with Crippen molar-refractivity contribution in [2.75, 3.05) is 47.5 Å². The van der Waals surface area contributed by atoms with Gasteiger partial charge in [-0.25, -0.2) is 0 Å². The van der Waals surface area contributed by atoms with E-state index in [0.717, 1.165) is 116 Å². The Morgan fingerprint density at radius 1 is 0.301 bits per heavy atom. The highest BCUT2D eigenvalue weighted by Crippen LogP contribution is 2.19. The molecule has 0 bridgehead atoms. The van der Waals surface area contributed by atoms with E-state index < -0.39 is 24.3 Å². The number of carboxylic acids is 1. The topological polar surface area (TPSA) is 111 Å². The molecule has 2 unspecified atom stereocenters. The van der Waals surface area contributed by atoms with Gasteiger partial charge in [0.05, 0.1) is 40.3 Å². The minimum atomic E-state index is -1.63. The van der Waals surface area contributed by atoms with Crippen LogP contribution in [0.2, 0.25) is 0 Å². The molecule has 0 aliphatic rings. The van der Waals surface area contributed by atoms with Crippen LogP contribution in [0.3, 0.4) is 0 Å². The Kier molecular flexibility index (Phi) is 78.9. The second-order valence-corrected chi connectivity index (χ2v) is 29.7. The van der Waals surface area contributed by atoms with E-state index in [1.807, 2.05) is 21.1 Å². The fourth-order valence-corrected chi connectivity index (χ4v) is 12.1. The van der Waals surface area contributed by atoms with Crippen molar-refractivity contribution in [2.45, 2.75) is 386 Å². The molecule has 0 aromatic heterocycles. The number of carbonyl (C=O) groups excluding carboxylic acids is 3. The second kappa shape index (κ2) is 82.8. The first kappa shape index (κ1) is 98.2. The van der Waals surface area contributed by atoms with E-state index in [2.05, 4.69) is 160 Å². The average molecular weight is 1430 g/mol. The molecule has 590 valence electrons. The summed E-state index contributed by atoms with van der Waals surface area (Å²) in [5, 5.41) is 11.9. The summed E-state index contributed by atoms with van der Waals surface area (Å²) in [6.45, 7) is 4.65. The summed E-state index contributed by atoms with van der Waals surface area (Å²) in [6.07, 6.45) is 118. The number of rotatable bonds is 79. The number of likely N-dealkylation sites (N-methyl/N-ethyl adjacent to an activating group) is 1. The predicted molar refractivity (Wildman–Crippen MR) is 444 cm³/mol. The van der Waals surface area contributed by atoms with Gasteiger partial charge in [-0.1, -0.05) is 384 Å². The van der Waals surface area contributed by atoms with E-state index in [1.54, 1.807) is 0 Å². The van der Waals surface area contributed by atoms with Crippen LogP contribution in [0.1, 0.15) is 373 Å². The number of aliphatic carboxylic acids is 1. The van der Waals surface area contributed by atoms with E-state index in [9.17, 15) is 19.5 Å². The molecule has 0 aliphatic carbocycles. The highest BCUT2D eigenvalue weighted by atomic mass is 16.7. The molecule has 0 N–H and O–H groups in total. The fourth-order valence-electron chi connectivity index (χ4n) is 12.1. The summed E-state index contributed by atoms with van der Waals surface area (Å²) >= 11 is 0. The summed E-state index contributed by atoms with van der Waals surface area (Å²) < 4.78 is 22.9. The van der Waals surface area contributed by atoms with Crippen LogP contribution in [0.25, 0.3) is 0 Å². The lowest BCUT2D eigenvalue weighted by molar-refractivity contribution is -0.870. The van der Waals surface area contributed by atoms with Crippen LogP contribution in [-0.4, -0.2) is 82.3 Å². The molecule has 0 aromatic carbocycles. The average Bonchev–Trinajstić information content (AvgIpc) is 0.985. The van der Waals surface area contributed by atoms with Gasteiger partial charge in [-0.2, -0.15) is 0 Å². The monoisotopic (exact) mass is 1430 g/mol.